The van der Waals surface area contributed by atoms with Gasteiger partial charge in [0.2, 0.25) is 5.91 Å². The third kappa shape index (κ3) is 3.94. The van der Waals surface area contributed by atoms with Crippen LogP contribution in [0.3, 0.4) is 0 Å². The Kier molecular flexibility index (Phi) is 4.52. The molecule has 0 bridgehead atoms. The van der Waals surface area contributed by atoms with Gasteiger partial charge in [-0.25, -0.2) is 0 Å². The van der Waals surface area contributed by atoms with Gasteiger partial charge in [0.15, 0.2) is 0 Å². The third-order valence-corrected chi connectivity index (χ3v) is 3.61. The van der Waals surface area contributed by atoms with Crippen LogP contribution in [0.4, 0.5) is 0 Å². The molecule has 0 aromatic heterocycles. The largest absolute Gasteiger partial charge is 0.379 e. The fourth-order valence-electron chi connectivity index (χ4n) is 1.97. The summed E-state index contributed by atoms with van der Waals surface area (Å²) in [6, 6.07) is 0. The van der Waals surface area contributed by atoms with Crippen molar-refractivity contribution in [1.82, 2.24) is 0 Å². The summed E-state index contributed by atoms with van der Waals surface area (Å²) in [5, 5.41) is 0. The van der Waals surface area contributed by atoms with E-state index in [4.69, 9.17) is 20.9 Å². The number of ether oxygens (including phenoxy) is 2. The second kappa shape index (κ2) is 5.33. The van der Waals surface area contributed by atoms with Gasteiger partial charge in [0.05, 0.1) is 17.2 Å². The van der Waals surface area contributed by atoms with Gasteiger partial charge in [0.25, 0.3) is 0 Å². The molecule has 5 nitrogen and oxygen atoms in total. The van der Waals surface area contributed by atoms with E-state index in [1.54, 1.807) is 7.11 Å². The zero-order valence-corrected chi connectivity index (χ0v) is 11.0. The first-order valence-corrected chi connectivity index (χ1v) is 6.05. The highest BCUT2D eigenvalue weighted by Crippen LogP contribution is 2.30. The van der Waals surface area contributed by atoms with E-state index in [2.05, 4.69) is 0 Å². The van der Waals surface area contributed by atoms with E-state index in [-0.39, 0.29) is 11.7 Å². The minimum atomic E-state index is -0.874. The predicted molar refractivity (Wildman–Crippen MR) is 65.4 cm³/mol. The van der Waals surface area contributed by atoms with Crippen molar-refractivity contribution in [3.63, 3.8) is 0 Å². The summed E-state index contributed by atoms with van der Waals surface area (Å²) < 4.78 is 11.0. The fourth-order valence-corrected chi connectivity index (χ4v) is 1.97. The SMILES string of the molecule is COC(C)(C)CCOC1CCC(N)(C(N)=O)C1. The number of carbonyl (C=O) groups excluding carboxylic acids is 1. The lowest BCUT2D eigenvalue weighted by Crippen LogP contribution is -2.50. The molecule has 1 aliphatic carbocycles. The minimum Gasteiger partial charge on any atom is -0.379 e. The van der Waals surface area contributed by atoms with Gasteiger partial charge in [-0.3, -0.25) is 4.79 Å². The van der Waals surface area contributed by atoms with E-state index < -0.39 is 11.4 Å². The van der Waals surface area contributed by atoms with Crippen molar-refractivity contribution in [2.24, 2.45) is 11.5 Å². The van der Waals surface area contributed by atoms with Gasteiger partial charge in [-0.15, -0.1) is 0 Å². The quantitative estimate of drug-likeness (QED) is 0.714. The Hall–Kier alpha value is -0.650. The molecule has 0 aromatic carbocycles. The number of amides is 1. The van der Waals surface area contributed by atoms with Crippen LogP contribution in [0.5, 0.6) is 0 Å². The smallest absolute Gasteiger partial charge is 0.237 e. The normalized spacial score (nSPS) is 29.5. The molecule has 0 aromatic rings. The van der Waals surface area contributed by atoms with Gasteiger partial charge in [0, 0.05) is 20.1 Å². The van der Waals surface area contributed by atoms with E-state index in [1.807, 2.05) is 13.8 Å². The van der Waals surface area contributed by atoms with E-state index in [9.17, 15) is 4.79 Å². The minimum absolute atomic E-state index is 0.0418. The van der Waals surface area contributed by atoms with E-state index in [1.165, 1.54) is 0 Å². The lowest BCUT2D eigenvalue weighted by atomic mass is 9.99. The second-order valence-corrected chi connectivity index (χ2v) is 5.47. The maximum absolute atomic E-state index is 11.2. The van der Waals surface area contributed by atoms with Crippen LogP contribution in [0.15, 0.2) is 0 Å². The lowest BCUT2D eigenvalue weighted by molar-refractivity contribution is -0.123. The summed E-state index contributed by atoms with van der Waals surface area (Å²) in [6.45, 7) is 4.64. The third-order valence-electron chi connectivity index (χ3n) is 3.61. The predicted octanol–water partition coefficient (Wildman–Crippen LogP) is 0.553. The van der Waals surface area contributed by atoms with Crippen molar-refractivity contribution in [2.45, 2.75) is 56.8 Å². The molecule has 0 spiro atoms. The Morgan fingerprint density at radius 1 is 1.53 bits per heavy atom. The summed E-state index contributed by atoms with van der Waals surface area (Å²) in [5.41, 5.74) is 10.1. The molecule has 1 fully saturated rings. The van der Waals surface area contributed by atoms with Crippen LogP contribution in [-0.2, 0) is 14.3 Å². The van der Waals surface area contributed by atoms with Crippen molar-refractivity contribution >= 4 is 5.91 Å². The van der Waals surface area contributed by atoms with Crippen LogP contribution in [0.2, 0.25) is 0 Å². The second-order valence-electron chi connectivity index (χ2n) is 5.47. The number of hydrogen-bond donors (Lipinski definition) is 2. The highest BCUT2D eigenvalue weighted by Gasteiger charge is 2.41. The standard InChI is InChI=1S/C12H24N2O3/c1-11(2,16-3)6-7-17-9-4-5-12(14,8-9)10(13)15/h9H,4-8,14H2,1-3H3,(H2,13,15). The number of nitrogens with two attached hydrogens (primary N) is 2. The molecule has 2 atom stereocenters. The van der Waals surface area contributed by atoms with Crippen LogP contribution in [0, 0.1) is 0 Å². The Morgan fingerprint density at radius 3 is 2.65 bits per heavy atom. The van der Waals surface area contributed by atoms with E-state index in [0.717, 1.165) is 12.8 Å². The van der Waals surface area contributed by atoms with Crippen LogP contribution < -0.4 is 11.5 Å². The molecule has 0 radical (unpaired) electrons. The highest BCUT2D eigenvalue weighted by atomic mass is 16.5. The molecule has 2 unspecified atom stereocenters. The number of carbonyl (C=O) groups is 1. The van der Waals surface area contributed by atoms with Gasteiger partial charge in [-0.2, -0.15) is 0 Å². The Bertz CT molecular complexity index is 281. The maximum Gasteiger partial charge on any atom is 0.237 e. The van der Waals surface area contributed by atoms with Crippen LogP contribution in [0.25, 0.3) is 0 Å². The molecule has 0 saturated heterocycles. The summed E-state index contributed by atoms with van der Waals surface area (Å²) in [5.74, 6) is -0.430. The molecule has 1 aliphatic rings. The van der Waals surface area contributed by atoms with Crippen LogP contribution in [-0.4, -0.2) is 36.9 Å². The molecule has 5 heteroatoms. The Balaban J connectivity index is 2.30. The molecule has 17 heavy (non-hydrogen) atoms. The van der Waals surface area contributed by atoms with E-state index >= 15 is 0 Å². The topological polar surface area (TPSA) is 87.6 Å². The molecule has 1 rings (SSSR count). The molecule has 4 N–H and O–H groups in total. The number of primary amides is 1. The molecule has 1 amide bonds. The van der Waals surface area contributed by atoms with Crippen molar-refractivity contribution in [3.8, 4) is 0 Å². The van der Waals surface area contributed by atoms with Crippen molar-refractivity contribution < 1.29 is 14.3 Å². The first kappa shape index (κ1) is 14.4. The fraction of sp³-hybridized carbons (Fsp3) is 0.917. The highest BCUT2D eigenvalue weighted by molar-refractivity contribution is 5.84. The molecule has 0 heterocycles. The number of rotatable bonds is 6. The van der Waals surface area contributed by atoms with Gasteiger partial charge < -0.3 is 20.9 Å². The lowest BCUT2D eigenvalue weighted by Gasteiger charge is -2.24. The average molecular weight is 244 g/mol. The van der Waals surface area contributed by atoms with Crippen molar-refractivity contribution in [1.29, 1.82) is 0 Å². The first-order chi connectivity index (χ1) is 7.79. The van der Waals surface area contributed by atoms with Gasteiger partial charge in [-0.05, 0) is 33.1 Å². The summed E-state index contributed by atoms with van der Waals surface area (Å²) in [4.78, 5) is 11.2. The van der Waals surface area contributed by atoms with Crippen molar-refractivity contribution in [3.05, 3.63) is 0 Å². The van der Waals surface area contributed by atoms with Crippen LogP contribution >= 0.6 is 0 Å². The molecule has 0 aliphatic heterocycles. The Labute approximate surface area is 103 Å². The van der Waals surface area contributed by atoms with Gasteiger partial charge >= 0.3 is 0 Å². The average Bonchev–Trinajstić information content (AvgIpc) is 2.62. The molecular formula is C12H24N2O3. The summed E-state index contributed by atoms with van der Waals surface area (Å²) >= 11 is 0. The molecule has 1 saturated carbocycles. The maximum atomic E-state index is 11.2. The summed E-state index contributed by atoms with van der Waals surface area (Å²) in [7, 11) is 1.69. The zero-order chi connectivity index (χ0) is 13.1. The Morgan fingerprint density at radius 2 is 2.18 bits per heavy atom. The summed E-state index contributed by atoms with van der Waals surface area (Å²) in [6.07, 6.45) is 2.79. The van der Waals surface area contributed by atoms with Gasteiger partial charge in [0.1, 0.15) is 0 Å². The molecular weight excluding hydrogens is 220 g/mol. The first-order valence-electron chi connectivity index (χ1n) is 6.05. The molecule has 100 valence electrons. The van der Waals surface area contributed by atoms with E-state index in [0.29, 0.717) is 19.4 Å². The zero-order valence-electron chi connectivity index (χ0n) is 11.0. The number of methoxy groups -OCH3 is 1. The van der Waals surface area contributed by atoms with Gasteiger partial charge in [-0.1, -0.05) is 0 Å². The monoisotopic (exact) mass is 244 g/mol. The van der Waals surface area contributed by atoms with Crippen molar-refractivity contribution in [2.75, 3.05) is 13.7 Å². The number of hydrogen-bond acceptors (Lipinski definition) is 4. The van der Waals surface area contributed by atoms with Crippen LogP contribution in [0.1, 0.15) is 39.5 Å².